The van der Waals surface area contributed by atoms with Crippen LogP contribution in [0.3, 0.4) is 0 Å². The number of unbranched alkanes of at least 4 members (excludes halogenated alkanes) is 8. The molecular weight excluding hydrogens is 291 g/mol. The molecule has 0 amide bonds. The third kappa shape index (κ3) is 9.12. The molecule has 0 aliphatic heterocycles. The van der Waals surface area contributed by atoms with Crippen molar-refractivity contribution in [3.05, 3.63) is 12.1 Å². The van der Waals surface area contributed by atoms with Crippen LogP contribution in [0.25, 0.3) is 0 Å². The van der Waals surface area contributed by atoms with Gasteiger partial charge in [-0.1, -0.05) is 58.3 Å². The van der Waals surface area contributed by atoms with Gasteiger partial charge in [0.1, 0.15) is 5.78 Å². The van der Waals surface area contributed by atoms with Gasteiger partial charge in [0.05, 0.1) is 0 Å². The average molecular weight is 326 g/mol. The number of hydrogen-bond donors (Lipinski definition) is 1. The molecule has 0 spiro atoms. The van der Waals surface area contributed by atoms with Crippen molar-refractivity contribution < 1.29 is 14.3 Å². The molecule has 1 rings (SSSR count). The SMILES string of the molecule is CCCCCCCC[C@H]1CCC(=O)[C@@H]1CCCCCC=C(O)F. The van der Waals surface area contributed by atoms with Crippen molar-refractivity contribution in [3.63, 3.8) is 0 Å². The molecule has 134 valence electrons. The van der Waals surface area contributed by atoms with E-state index in [1.807, 2.05) is 0 Å². The summed E-state index contributed by atoms with van der Waals surface area (Å²) in [7, 11) is 0. The summed E-state index contributed by atoms with van der Waals surface area (Å²) in [5.74, 6) is 1.38. The zero-order valence-electron chi connectivity index (χ0n) is 14.9. The number of hydrogen-bond acceptors (Lipinski definition) is 2. The van der Waals surface area contributed by atoms with Gasteiger partial charge in [-0.25, -0.2) is 0 Å². The molecule has 1 saturated carbocycles. The Labute approximate surface area is 141 Å². The second kappa shape index (κ2) is 12.5. The van der Waals surface area contributed by atoms with Gasteiger partial charge < -0.3 is 5.11 Å². The van der Waals surface area contributed by atoms with E-state index in [-0.39, 0.29) is 5.92 Å². The van der Waals surface area contributed by atoms with E-state index in [0.717, 1.165) is 38.5 Å². The van der Waals surface area contributed by atoms with Gasteiger partial charge in [0, 0.05) is 12.3 Å². The zero-order chi connectivity index (χ0) is 16.9. The molecular formula is C20H35FO2. The van der Waals surface area contributed by atoms with Crippen molar-refractivity contribution in [1.29, 1.82) is 0 Å². The van der Waals surface area contributed by atoms with Crippen LogP contribution >= 0.6 is 0 Å². The van der Waals surface area contributed by atoms with Crippen LogP contribution in [0.5, 0.6) is 0 Å². The minimum atomic E-state index is -1.07. The van der Waals surface area contributed by atoms with Gasteiger partial charge in [-0.15, -0.1) is 0 Å². The Morgan fingerprint density at radius 1 is 1.09 bits per heavy atom. The number of aliphatic hydroxyl groups is 1. The van der Waals surface area contributed by atoms with Crippen LogP contribution in [0.2, 0.25) is 0 Å². The summed E-state index contributed by atoms with van der Waals surface area (Å²) >= 11 is 0. The Balaban J connectivity index is 2.13. The van der Waals surface area contributed by atoms with Crippen molar-refractivity contribution in [2.75, 3.05) is 0 Å². The first kappa shape index (κ1) is 20.2. The molecule has 1 aliphatic carbocycles. The lowest BCUT2D eigenvalue weighted by atomic mass is 9.86. The van der Waals surface area contributed by atoms with Crippen LogP contribution < -0.4 is 0 Å². The van der Waals surface area contributed by atoms with Crippen LogP contribution in [0.4, 0.5) is 4.39 Å². The van der Waals surface area contributed by atoms with Crippen LogP contribution in [0.15, 0.2) is 12.1 Å². The maximum absolute atomic E-state index is 12.1. The standard InChI is InChI=1S/C20H35FO2/c1-2-3-4-5-6-9-12-17-15-16-19(22)18(17)13-10-7-8-11-14-20(21)23/h14,17-18,23H,2-13,15-16H2,1H3/t17-,18+/m0/s1. The van der Waals surface area contributed by atoms with Gasteiger partial charge >= 0.3 is 0 Å². The van der Waals surface area contributed by atoms with E-state index in [0.29, 0.717) is 18.1 Å². The molecule has 0 saturated heterocycles. The quantitative estimate of drug-likeness (QED) is 0.304. The number of aliphatic hydroxyl groups excluding tert-OH is 1. The normalized spacial score (nSPS) is 22.0. The number of carbonyl (C=O) groups is 1. The number of carbonyl (C=O) groups excluding carboxylic acids is 1. The molecule has 1 aliphatic rings. The average Bonchev–Trinajstić information content (AvgIpc) is 2.86. The Morgan fingerprint density at radius 2 is 1.74 bits per heavy atom. The van der Waals surface area contributed by atoms with Gasteiger partial charge in [-0.05, 0) is 44.1 Å². The monoisotopic (exact) mass is 326 g/mol. The Morgan fingerprint density at radius 3 is 2.48 bits per heavy atom. The predicted octanol–water partition coefficient (Wildman–Crippen LogP) is 6.65. The van der Waals surface area contributed by atoms with E-state index in [1.54, 1.807) is 0 Å². The summed E-state index contributed by atoms with van der Waals surface area (Å²) < 4.78 is 12.1. The molecule has 23 heavy (non-hydrogen) atoms. The largest absolute Gasteiger partial charge is 0.487 e. The summed E-state index contributed by atoms with van der Waals surface area (Å²) in [6, 6.07) is -1.07. The minimum Gasteiger partial charge on any atom is -0.487 e. The van der Waals surface area contributed by atoms with E-state index in [4.69, 9.17) is 5.11 Å². The van der Waals surface area contributed by atoms with Gasteiger partial charge in [0.2, 0.25) is 0 Å². The Hall–Kier alpha value is -0.860. The molecule has 1 fully saturated rings. The molecule has 0 aromatic heterocycles. The van der Waals surface area contributed by atoms with Gasteiger partial charge in [-0.2, -0.15) is 4.39 Å². The van der Waals surface area contributed by atoms with Crippen LogP contribution in [0.1, 0.15) is 96.8 Å². The number of allylic oxidation sites excluding steroid dienone is 1. The molecule has 0 bridgehead atoms. The summed E-state index contributed by atoms with van der Waals surface area (Å²) in [6.07, 6.45) is 16.8. The number of halogens is 1. The Kier molecular flexibility index (Phi) is 11.0. The number of ketones is 1. The predicted molar refractivity (Wildman–Crippen MR) is 94.1 cm³/mol. The van der Waals surface area contributed by atoms with Gasteiger partial charge in [0.15, 0.2) is 0 Å². The molecule has 0 aromatic carbocycles. The summed E-state index contributed by atoms with van der Waals surface area (Å²) in [5.41, 5.74) is 0. The Bertz CT molecular complexity index is 348. The maximum atomic E-state index is 12.1. The van der Waals surface area contributed by atoms with Crippen molar-refractivity contribution in [2.24, 2.45) is 11.8 Å². The zero-order valence-corrected chi connectivity index (χ0v) is 14.9. The summed E-state index contributed by atoms with van der Waals surface area (Å²) in [4.78, 5) is 12.1. The lowest BCUT2D eigenvalue weighted by Gasteiger charge is -2.18. The molecule has 2 nitrogen and oxygen atoms in total. The smallest absolute Gasteiger partial charge is 0.266 e. The van der Waals surface area contributed by atoms with E-state index in [1.165, 1.54) is 51.0 Å². The highest BCUT2D eigenvalue weighted by Crippen LogP contribution is 2.36. The third-order valence-electron chi connectivity index (χ3n) is 5.20. The van der Waals surface area contributed by atoms with E-state index >= 15 is 0 Å². The molecule has 0 aromatic rings. The van der Waals surface area contributed by atoms with Crippen molar-refractivity contribution in [2.45, 2.75) is 96.8 Å². The first-order valence-corrected chi connectivity index (χ1v) is 9.72. The fraction of sp³-hybridized carbons (Fsp3) is 0.850. The highest BCUT2D eigenvalue weighted by atomic mass is 19.1. The lowest BCUT2D eigenvalue weighted by Crippen LogP contribution is -2.14. The van der Waals surface area contributed by atoms with Gasteiger partial charge in [-0.3, -0.25) is 4.79 Å². The van der Waals surface area contributed by atoms with Crippen molar-refractivity contribution in [1.82, 2.24) is 0 Å². The molecule has 0 unspecified atom stereocenters. The second-order valence-electron chi connectivity index (χ2n) is 7.09. The highest BCUT2D eigenvalue weighted by molar-refractivity contribution is 5.83. The first-order chi connectivity index (χ1) is 11.1. The van der Waals surface area contributed by atoms with Crippen LogP contribution in [-0.2, 0) is 4.79 Å². The third-order valence-corrected chi connectivity index (χ3v) is 5.20. The van der Waals surface area contributed by atoms with E-state index < -0.39 is 6.01 Å². The first-order valence-electron chi connectivity index (χ1n) is 9.72. The molecule has 3 heteroatoms. The van der Waals surface area contributed by atoms with Gasteiger partial charge in [0.25, 0.3) is 6.01 Å². The van der Waals surface area contributed by atoms with Crippen LogP contribution in [-0.4, -0.2) is 10.9 Å². The summed E-state index contributed by atoms with van der Waals surface area (Å²) in [6.45, 7) is 2.24. The lowest BCUT2D eigenvalue weighted by molar-refractivity contribution is -0.121. The fourth-order valence-corrected chi connectivity index (χ4v) is 3.81. The topological polar surface area (TPSA) is 37.3 Å². The highest BCUT2D eigenvalue weighted by Gasteiger charge is 2.33. The summed E-state index contributed by atoms with van der Waals surface area (Å²) in [5, 5.41) is 8.45. The van der Waals surface area contributed by atoms with E-state index in [9.17, 15) is 9.18 Å². The number of rotatable bonds is 13. The number of Topliss-reactive ketones (excluding diaryl/α,β-unsaturated/α-hetero) is 1. The second-order valence-corrected chi connectivity index (χ2v) is 7.09. The molecule has 2 atom stereocenters. The maximum Gasteiger partial charge on any atom is 0.266 e. The van der Waals surface area contributed by atoms with Crippen LogP contribution in [0, 0.1) is 11.8 Å². The molecule has 0 radical (unpaired) electrons. The van der Waals surface area contributed by atoms with E-state index in [2.05, 4.69) is 6.92 Å². The molecule has 1 N–H and O–H groups in total. The minimum absolute atomic E-state index is 0.288. The van der Waals surface area contributed by atoms with Crippen molar-refractivity contribution >= 4 is 5.78 Å². The van der Waals surface area contributed by atoms with Crippen molar-refractivity contribution in [3.8, 4) is 0 Å². The fourth-order valence-electron chi connectivity index (χ4n) is 3.81. The molecule has 0 heterocycles.